The molecule has 0 aliphatic carbocycles. The number of carbonyl (C=O) groups excluding carboxylic acids is 1. The minimum Gasteiger partial charge on any atom is -0.338 e. The molecule has 160 valence electrons. The topological polar surface area (TPSA) is 69.1 Å². The fraction of sp³-hybridized carbons (Fsp3) is 0.360. The summed E-state index contributed by atoms with van der Waals surface area (Å²) in [6.07, 6.45) is 1.95. The fourth-order valence-corrected chi connectivity index (χ4v) is 4.83. The highest BCUT2D eigenvalue weighted by molar-refractivity contribution is 5.98. The van der Waals surface area contributed by atoms with Crippen molar-refractivity contribution in [1.29, 1.82) is 0 Å². The highest BCUT2D eigenvalue weighted by atomic mass is 16.2. The van der Waals surface area contributed by atoms with Gasteiger partial charge in [0, 0.05) is 49.2 Å². The molecule has 1 saturated heterocycles. The summed E-state index contributed by atoms with van der Waals surface area (Å²) in [5.74, 6) is 0.956. The lowest BCUT2D eigenvalue weighted by Crippen LogP contribution is -2.45. The summed E-state index contributed by atoms with van der Waals surface area (Å²) < 4.78 is 4.43. The Morgan fingerprint density at radius 2 is 2.00 bits per heavy atom. The molecule has 1 aliphatic rings. The average molecular weight is 416 g/mol. The third-order valence-corrected chi connectivity index (χ3v) is 6.48. The number of hydrogen-bond donors (Lipinski definition) is 1. The SMILES string of the molecule is CCn1c(-c2nc3cc(C(=O)N4CCCC(N)C4)ccc3n2C)cc2ccc(C)cc21. The first-order valence-electron chi connectivity index (χ1n) is 11.1. The molecule has 1 atom stereocenters. The van der Waals surface area contributed by atoms with Crippen LogP contribution in [0.4, 0.5) is 0 Å². The summed E-state index contributed by atoms with van der Waals surface area (Å²) in [6.45, 7) is 6.54. The number of likely N-dealkylation sites (tertiary alicyclic amines) is 1. The largest absolute Gasteiger partial charge is 0.338 e. The second kappa shape index (κ2) is 7.54. The van der Waals surface area contributed by atoms with E-state index in [1.54, 1.807) is 0 Å². The van der Waals surface area contributed by atoms with E-state index in [1.807, 2.05) is 30.1 Å². The van der Waals surface area contributed by atoms with Crippen LogP contribution in [0.25, 0.3) is 33.5 Å². The van der Waals surface area contributed by atoms with Crippen LogP contribution in [0, 0.1) is 6.92 Å². The minimum atomic E-state index is 0.0439. The maximum atomic E-state index is 13.0. The third-order valence-electron chi connectivity index (χ3n) is 6.48. The molecule has 0 bridgehead atoms. The lowest BCUT2D eigenvalue weighted by molar-refractivity contribution is 0.0709. The molecular formula is C25H29N5O. The van der Waals surface area contributed by atoms with Gasteiger partial charge in [0.05, 0.1) is 16.7 Å². The smallest absolute Gasteiger partial charge is 0.253 e. The molecule has 1 unspecified atom stereocenters. The first kappa shape index (κ1) is 19.8. The van der Waals surface area contributed by atoms with Crippen molar-refractivity contribution in [2.24, 2.45) is 12.8 Å². The Bertz CT molecular complexity index is 1300. The van der Waals surface area contributed by atoms with E-state index < -0.39 is 0 Å². The van der Waals surface area contributed by atoms with Crippen LogP contribution in [0.15, 0.2) is 42.5 Å². The van der Waals surface area contributed by atoms with Gasteiger partial charge in [0.15, 0.2) is 5.82 Å². The van der Waals surface area contributed by atoms with E-state index in [0.29, 0.717) is 12.1 Å². The molecular weight excluding hydrogens is 386 g/mol. The molecule has 6 nitrogen and oxygen atoms in total. The van der Waals surface area contributed by atoms with Crippen LogP contribution in [-0.2, 0) is 13.6 Å². The number of hydrogen-bond acceptors (Lipinski definition) is 3. The number of nitrogens with two attached hydrogens (primary N) is 1. The second-order valence-electron chi connectivity index (χ2n) is 8.69. The number of rotatable bonds is 3. The Balaban J connectivity index is 1.58. The molecule has 4 aromatic rings. The second-order valence-corrected chi connectivity index (χ2v) is 8.69. The number of imidazole rings is 1. The summed E-state index contributed by atoms with van der Waals surface area (Å²) >= 11 is 0. The van der Waals surface area contributed by atoms with Gasteiger partial charge < -0.3 is 19.8 Å². The Morgan fingerprint density at radius 1 is 1.16 bits per heavy atom. The molecule has 1 amide bonds. The molecule has 6 heteroatoms. The van der Waals surface area contributed by atoms with Crippen molar-refractivity contribution in [1.82, 2.24) is 19.0 Å². The zero-order valence-electron chi connectivity index (χ0n) is 18.4. The number of fused-ring (bicyclic) bond motifs is 2. The van der Waals surface area contributed by atoms with Gasteiger partial charge in [0.1, 0.15) is 0 Å². The zero-order valence-corrected chi connectivity index (χ0v) is 18.4. The molecule has 31 heavy (non-hydrogen) atoms. The van der Waals surface area contributed by atoms with E-state index in [-0.39, 0.29) is 11.9 Å². The summed E-state index contributed by atoms with van der Waals surface area (Å²) in [5.41, 5.74) is 12.2. The Labute approximate surface area is 182 Å². The maximum Gasteiger partial charge on any atom is 0.253 e. The highest BCUT2D eigenvalue weighted by Gasteiger charge is 2.23. The van der Waals surface area contributed by atoms with Crippen molar-refractivity contribution in [2.45, 2.75) is 39.3 Å². The summed E-state index contributed by atoms with van der Waals surface area (Å²) in [4.78, 5) is 19.9. The lowest BCUT2D eigenvalue weighted by Gasteiger charge is -2.30. The van der Waals surface area contributed by atoms with E-state index in [4.69, 9.17) is 10.7 Å². The Kier molecular flexibility index (Phi) is 4.82. The van der Waals surface area contributed by atoms with Gasteiger partial charge in [-0.1, -0.05) is 12.1 Å². The van der Waals surface area contributed by atoms with Gasteiger partial charge in [-0.25, -0.2) is 4.98 Å². The van der Waals surface area contributed by atoms with Gasteiger partial charge in [-0.05, 0) is 62.6 Å². The molecule has 0 saturated carbocycles. The van der Waals surface area contributed by atoms with Crippen molar-refractivity contribution < 1.29 is 4.79 Å². The molecule has 2 N–H and O–H groups in total. The normalized spacial score (nSPS) is 17.0. The van der Waals surface area contributed by atoms with Crippen LogP contribution in [-0.4, -0.2) is 44.1 Å². The van der Waals surface area contributed by atoms with Gasteiger partial charge in [0.25, 0.3) is 5.91 Å². The van der Waals surface area contributed by atoms with Crippen LogP contribution in [0.1, 0.15) is 35.7 Å². The molecule has 1 fully saturated rings. The third kappa shape index (κ3) is 3.31. The predicted octanol–water partition coefficient (Wildman–Crippen LogP) is 4.09. The highest BCUT2D eigenvalue weighted by Crippen LogP contribution is 2.31. The standard InChI is InChI=1S/C25H29N5O/c1-4-30-22-12-16(2)7-8-17(22)14-23(30)24-27-20-13-18(9-10-21(20)28(24)3)25(31)29-11-5-6-19(26)15-29/h7-10,12-14,19H,4-6,11,15,26H2,1-3H3. The van der Waals surface area contributed by atoms with Crippen LogP contribution >= 0.6 is 0 Å². The van der Waals surface area contributed by atoms with E-state index in [9.17, 15) is 4.79 Å². The quantitative estimate of drug-likeness (QED) is 0.548. The summed E-state index contributed by atoms with van der Waals surface area (Å²) in [5, 5.41) is 1.21. The van der Waals surface area contributed by atoms with Crippen LogP contribution in [0.3, 0.4) is 0 Å². The van der Waals surface area contributed by atoms with E-state index in [1.165, 1.54) is 16.5 Å². The van der Waals surface area contributed by atoms with Crippen molar-refractivity contribution in [3.63, 3.8) is 0 Å². The van der Waals surface area contributed by atoms with Crippen molar-refractivity contribution >= 4 is 27.8 Å². The Hall–Kier alpha value is -3.12. The van der Waals surface area contributed by atoms with Gasteiger partial charge >= 0.3 is 0 Å². The first-order valence-corrected chi connectivity index (χ1v) is 11.1. The molecule has 0 radical (unpaired) electrons. The molecule has 2 aromatic heterocycles. The fourth-order valence-electron chi connectivity index (χ4n) is 4.83. The average Bonchev–Trinajstić information content (AvgIpc) is 3.29. The number of amides is 1. The number of piperidine rings is 1. The summed E-state index contributed by atoms with van der Waals surface area (Å²) in [7, 11) is 2.04. The van der Waals surface area contributed by atoms with Gasteiger partial charge in [-0.3, -0.25) is 4.79 Å². The van der Waals surface area contributed by atoms with Crippen LogP contribution in [0.5, 0.6) is 0 Å². The minimum absolute atomic E-state index is 0.0439. The predicted molar refractivity (Wildman–Crippen MR) is 125 cm³/mol. The van der Waals surface area contributed by atoms with Crippen LogP contribution < -0.4 is 5.73 Å². The summed E-state index contributed by atoms with van der Waals surface area (Å²) in [6, 6.07) is 14.7. The van der Waals surface area contributed by atoms with E-state index in [0.717, 1.165) is 48.5 Å². The van der Waals surface area contributed by atoms with E-state index in [2.05, 4.69) is 47.2 Å². The maximum absolute atomic E-state index is 13.0. The van der Waals surface area contributed by atoms with E-state index >= 15 is 0 Å². The number of benzene rings is 2. The number of aryl methyl sites for hydroxylation is 3. The first-order chi connectivity index (χ1) is 15.0. The number of nitrogens with zero attached hydrogens (tertiary/aromatic N) is 4. The lowest BCUT2D eigenvalue weighted by atomic mass is 10.1. The number of aromatic nitrogens is 3. The van der Waals surface area contributed by atoms with Gasteiger partial charge in [-0.2, -0.15) is 0 Å². The van der Waals surface area contributed by atoms with Crippen molar-refractivity contribution in [2.75, 3.05) is 13.1 Å². The van der Waals surface area contributed by atoms with Gasteiger partial charge in [0.2, 0.25) is 0 Å². The molecule has 3 heterocycles. The molecule has 1 aliphatic heterocycles. The zero-order chi connectivity index (χ0) is 21.7. The molecule has 5 rings (SSSR count). The van der Waals surface area contributed by atoms with Crippen LogP contribution in [0.2, 0.25) is 0 Å². The van der Waals surface area contributed by atoms with Crippen molar-refractivity contribution in [3.8, 4) is 11.5 Å². The Morgan fingerprint density at radius 3 is 2.77 bits per heavy atom. The molecule has 2 aromatic carbocycles. The van der Waals surface area contributed by atoms with Gasteiger partial charge in [-0.15, -0.1) is 0 Å². The van der Waals surface area contributed by atoms with Crippen molar-refractivity contribution in [3.05, 3.63) is 53.6 Å². The molecule has 0 spiro atoms. The monoisotopic (exact) mass is 415 g/mol. The number of carbonyl (C=O) groups is 1.